The zero-order chi connectivity index (χ0) is 19.8. The van der Waals surface area contributed by atoms with Gasteiger partial charge in [0.2, 0.25) is 0 Å². The molecule has 2 heterocycles. The van der Waals surface area contributed by atoms with Crippen molar-refractivity contribution in [3.63, 3.8) is 0 Å². The third kappa shape index (κ3) is 3.41. The Hall–Kier alpha value is -2.71. The van der Waals surface area contributed by atoms with Crippen LogP contribution in [0, 0.1) is 10.1 Å². The molecule has 4 rings (SSSR count). The zero-order valence-corrected chi connectivity index (χ0v) is 16.8. The van der Waals surface area contributed by atoms with Gasteiger partial charge in [0, 0.05) is 17.0 Å². The van der Waals surface area contributed by atoms with Crippen molar-refractivity contribution < 1.29 is 14.5 Å². The van der Waals surface area contributed by atoms with Crippen LogP contribution >= 0.6 is 23.1 Å². The second-order valence-corrected chi connectivity index (χ2v) is 8.77. The first kappa shape index (κ1) is 18.6. The number of hydrogen-bond donors (Lipinski definition) is 0. The monoisotopic (exact) mass is 412 g/mol. The summed E-state index contributed by atoms with van der Waals surface area (Å²) in [5.74, 6) is 0.297. The number of allylic oxidation sites excluding steroid dienone is 1. The summed E-state index contributed by atoms with van der Waals surface area (Å²) in [4.78, 5) is 28.3. The summed E-state index contributed by atoms with van der Waals surface area (Å²) in [6.45, 7) is 3.35. The van der Waals surface area contributed by atoms with Gasteiger partial charge in [-0.15, -0.1) is 11.3 Å². The number of rotatable bonds is 5. The van der Waals surface area contributed by atoms with Crippen LogP contribution in [0.25, 0.3) is 10.2 Å². The van der Waals surface area contributed by atoms with Crippen molar-refractivity contribution in [1.82, 2.24) is 4.98 Å². The van der Waals surface area contributed by atoms with Gasteiger partial charge in [-0.1, -0.05) is 36.0 Å². The van der Waals surface area contributed by atoms with Crippen LogP contribution in [-0.4, -0.2) is 21.8 Å². The number of thiazole rings is 1. The molecule has 0 bridgehead atoms. The molecule has 1 aromatic heterocycles. The summed E-state index contributed by atoms with van der Waals surface area (Å²) in [7, 11) is 0. The molecule has 6 nitrogen and oxygen atoms in total. The highest BCUT2D eigenvalue weighted by Crippen LogP contribution is 2.49. The molecule has 0 amide bonds. The fourth-order valence-electron chi connectivity index (χ4n) is 3.24. The van der Waals surface area contributed by atoms with Gasteiger partial charge in [0.1, 0.15) is 5.76 Å². The number of nitro groups is 1. The van der Waals surface area contributed by atoms with Gasteiger partial charge in [-0.05, 0) is 31.5 Å². The largest absolute Gasteiger partial charge is 0.485 e. The van der Waals surface area contributed by atoms with Crippen molar-refractivity contribution in [2.75, 3.05) is 0 Å². The Morgan fingerprint density at radius 1 is 1.21 bits per heavy atom. The number of ketones is 1. The molecule has 142 valence electrons. The van der Waals surface area contributed by atoms with Crippen molar-refractivity contribution >= 4 is 44.8 Å². The second kappa shape index (κ2) is 7.37. The van der Waals surface area contributed by atoms with Crippen LogP contribution in [0.2, 0.25) is 0 Å². The van der Waals surface area contributed by atoms with E-state index in [1.54, 1.807) is 23.5 Å². The number of aromatic nitrogens is 1. The average molecular weight is 412 g/mol. The summed E-state index contributed by atoms with van der Waals surface area (Å²) < 4.78 is 7.84. The van der Waals surface area contributed by atoms with Gasteiger partial charge < -0.3 is 4.74 Å². The van der Waals surface area contributed by atoms with E-state index in [0.717, 1.165) is 25.0 Å². The lowest BCUT2D eigenvalue weighted by Crippen LogP contribution is -2.24. The molecule has 28 heavy (non-hydrogen) atoms. The summed E-state index contributed by atoms with van der Waals surface area (Å²) in [6, 6.07) is 14.2. The summed E-state index contributed by atoms with van der Waals surface area (Å²) in [5.41, 5.74) is 1.76. The van der Waals surface area contributed by atoms with Crippen molar-refractivity contribution in [2.45, 2.75) is 30.2 Å². The minimum atomic E-state index is -0.640. The first-order valence-electron chi connectivity index (χ1n) is 8.59. The molecule has 1 aliphatic heterocycles. The molecule has 0 saturated heterocycles. The van der Waals surface area contributed by atoms with Gasteiger partial charge in [0.15, 0.2) is 16.2 Å². The molecule has 0 N–H and O–H groups in total. The average Bonchev–Trinajstić information content (AvgIpc) is 3.23. The van der Waals surface area contributed by atoms with E-state index in [-0.39, 0.29) is 17.4 Å². The smallest absolute Gasteiger partial charge is 0.269 e. The van der Waals surface area contributed by atoms with Crippen LogP contribution < -0.4 is 0 Å². The van der Waals surface area contributed by atoms with Crippen LogP contribution in [0.4, 0.5) is 5.69 Å². The summed E-state index contributed by atoms with van der Waals surface area (Å²) in [6.07, 6.45) is -0.640. The molecule has 0 aliphatic carbocycles. The normalized spacial score (nSPS) is 19.1. The molecule has 1 aliphatic rings. The lowest BCUT2D eigenvalue weighted by Gasteiger charge is -2.19. The van der Waals surface area contributed by atoms with Crippen LogP contribution in [0.3, 0.4) is 0 Å². The number of carbonyl (C=O) groups excluding carboxylic acids is 1. The van der Waals surface area contributed by atoms with E-state index in [1.165, 1.54) is 30.8 Å². The molecule has 0 unspecified atom stereocenters. The number of carbonyl (C=O) groups is 1. The molecule has 8 heteroatoms. The third-order valence-electron chi connectivity index (χ3n) is 4.57. The number of para-hydroxylation sites is 1. The van der Waals surface area contributed by atoms with E-state index in [1.807, 2.05) is 31.2 Å². The van der Waals surface area contributed by atoms with E-state index >= 15 is 0 Å². The third-order valence-corrected chi connectivity index (χ3v) is 6.93. The van der Waals surface area contributed by atoms with E-state index < -0.39 is 11.0 Å². The Morgan fingerprint density at radius 2 is 1.93 bits per heavy atom. The van der Waals surface area contributed by atoms with Gasteiger partial charge in [0.25, 0.3) is 5.69 Å². The molecule has 0 spiro atoms. The number of fused-ring (bicyclic) bond motifs is 1. The number of nitro benzene ring substituents is 1. The number of ether oxygens (including phenoxy) is 1. The van der Waals surface area contributed by atoms with E-state index in [9.17, 15) is 14.9 Å². The molecule has 0 fully saturated rings. The van der Waals surface area contributed by atoms with Crippen LogP contribution in [-0.2, 0) is 9.53 Å². The molecule has 3 aromatic rings. The second-order valence-electron chi connectivity index (χ2n) is 6.45. The zero-order valence-electron chi connectivity index (χ0n) is 15.1. The van der Waals surface area contributed by atoms with Crippen LogP contribution in [0.1, 0.15) is 25.3 Å². The van der Waals surface area contributed by atoms with Crippen molar-refractivity contribution in [1.29, 1.82) is 0 Å². The summed E-state index contributed by atoms with van der Waals surface area (Å²) in [5, 5.41) is 11.0. The van der Waals surface area contributed by atoms with Gasteiger partial charge in [0.05, 0.1) is 21.1 Å². The van der Waals surface area contributed by atoms with Crippen molar-refractivity contribution in [3.05, 3.63) is 74.9 Å². The van der Waals surface area contributed by atoms with E-state index in [0.29, 0.717) is 5.76 Å². The number of thioether (sulfide) groups is 1. The Bertz CT molecular complexity index is 1070. The first-order valence-corrected chi connectivity index (χ1v) is 10.2. The fraction of sp³-hybridized carbons (Fsp3) is 0.200. The standard InChI is InChI=1S/C20H16N2O4S2/c1-11(23)18-17(13-7-9-14(10-8-13)22(24)25)19(12(2)26-18)28-20-21-15-5-3-4-6-16(15)27-20/h3-10,17-18H,1-2H3/t17-,18-/m1/s1. The number of non-ortho nitro benzene ring substituents is 1. The molecular weight excluding hydrogens is 396 g/mol. The molecule has 0 saturated carbocycles. The minimum Gasteiger partial charge on any atom is -0.485 e. The quantitative estimate of drug-likeness (QED) is 0.418. The Balaban J connectivity index is 1.71. The van der Waals surface area contributed by atoms with Gasteiger partial charge in [-0.2, -0.15) is 0 Å². The van der Waals surface area contributed by atoms with Gasteiger partial charge in [-0.3, -0.25) is 14.9 Å². The first-order chi connectivity index (χ1) is 13.4. The predicted molar refractivity (Wildman–Crippen MR) is 110 cm³/mol. The maximum atomic E-state index is 12.2. The number of hydrogen-bond acceptors (Lipinski definition) is 7. The predicted octanol–water partition coefficient (Wildman–Crippen LogP) is 5.30. The Morgan fingerprint density at radius 3 is 2.57 bits per heavy atom. The molecular formula is C20H16N2O4S2. The van der Waals surface area contributed by atoms with Crippen LogP contribution in [0.5, 0.6) is 0 Å². The lowest BCUT2D eigenvalue weighted by molar-refractivity contribution is -0.384. The molecule has 2 atom stereocenters. The maximum absolute atomic E-state index is 12.2. The minimum absolute atomic E-state index is 0.0168. The van der Waals surface area contributed by atoms with Crippen molar-refractivity contribution in [3.8, 4) is 0 Å². The Labute approximate surface area is 169 Å². The SMILES string of the molecule is CC(=O)[C@H]1OC(C)=C(Sc2nc3ccccc3s2)[C@@H]1c1ccc([N+](=O)[O-])cc1. The van der Waals surface area contributed by atoms with E-state index in [4.69, 9.17) is 4.74 Å². The number of nitrogens with zero attached hydrogens (tertiary/aromatic N) is 2. The van der Waals surface area contributed by atoms with E-state index in [2.05, 4.69) is 4.98 Å². The molecule has 0 radical (unpaired) electrons. The lowest BCUT2D eigenvalue weighted by atomic mass is 9.92. The fourth-order valence-corrected chi connectivity index (χ4v) is 5.56. The summed E-state index contributed by atoms with van der Waals surface area (Å²) >= 11 is 3.08. The van der Waals surface area contributed by atoms with Crippen molar-refractivity contribution in [2.24, 2.45) is 0 Å². The van der Waals surface area contributed by atoms with Crippen LogP contribution in [0.15, 0.2) is 63.5 Å². The number of Topliss-reactive ketones (excluding diaryl/α,β-unsaturated/α-hetero) is 1. The highest BCUT2D eigenvalue weighted by molar-refractivity contribution is 8.04. The highest BCUT2D eigenvalue weighted by Gasteiger charge is 2.40. The number of benzene rings is 2. The van der Waals surface area contributed by atoms with Gasteiger partial charge in [-0.25, -0.2) is 4.98 Å². The molecule has 2 aromatic carbocycles. The maximum Gasteiger partial charge on any atom is 0.269 e. The topological polar surface area (TPSA) is 82.3 Å². The Kier molecular flexibility index (Phi) is 4.91. The van der Waals surface area contributed by atoms with Gasteiger partial charge >= 0.3 is 0 Å². The highest BCUT2D eigenvalue weighted by atomic mass is 32.2.